The van der Waals surface area contributed by atoms with E-state index in [1.807, 2.05) is 11.8 Å². The summed E-state index contributed by atoms with van der Waals surface area (Å²) in [5.41, 5.74) is 10.6. The molecule has 0 aliphatic heterocycles. The highest BCUT2D eigenvalue weighted by atomic mass is 32.2. The van der Waals surface area contributed by atoms with Gasteiger partial charge in [-0.2, -0.15) is 0 Å². The molecule has 0 N–H and O–H groups in total. The predicted octanol–water partition coefficient (Wildman–Crippen LogP) is 15.5. The molecule has 260 valence electrons. The normalized spacial score (nSPS) is 14.8. The van der Waals surface area contributed by atoms with Gasteiger partial charge in [-0.25, -0.2) is 0 Å². The number of benzene rings is 8. The Hall–Kier alpha value is -5.83. The third kappa shape index (κ3) is 5.65. The highest BCUT2D eigenvalue weighted by molar-refractivity contribution is 8.04. The van der Waals surface area contributed by atoms with Crippen LogP contribution in [0.3, 0.4) is 0 Å². The molecule has 1 unspecified atom stereocenters. The first-order valence-corrected chi connectivity index (χ1v) is 19.8. The summed E-state index contributed by atoms with van der Waals surface area (Å²) in [6, 6.07) is 55.6. The minimum absolute atomic E-state index is 0.169. The molecular weight excluding hydrogens is 673 g/mol. The summed E-state index contributed by atoms with van der Waals surface area (Å²) >= 11 is 1.94. The van der Waals surface area contributed by atoms with E-state index in [1.165, 1.54) is 81.6 Å². The molecule has 0 saturated heterocycles. The summed E-state index contributed by atoms with van der Waals surface area (Å²) < 4.78 is 6.86. The number of hydrogen-bond donors (Lipinski definition) is 0. The van der Waals surface area contributed by atoms with Crippen molar-refractivity contribution in [2.24, 2.45) is 0 Å². The summed E-state index contributed by atoms with van der Waals surface area (Å²) in [5.74, 6) is 0.217. The molecular formula is C52H40OS. The smallest absolute Gasteiger partial charge is 0.139 e. The molecule has 1 heterocycles. The predicted molar refractivity (Wildman–Crippen MR) is 234 cm³/mol. The van der Waals surface area contributed by atoms with Gasteiger partial charge in [0.2, 0.25) is 0 Å². The Bertz CT molecular complexity index is 2910. The quantitative estimate of drug-likeness (QED) is 0.165. The summed E-state index contributed by atoms with van der Waals surface area (Å²) in [7, 11) is 0. The van der Waals surface area contributed by atoms with Crippen molar-refractivity contribution in [2.45, 2.75) is 37.9 Å². The van der Waals surface area contributed by atoms with Gasteiger partial charge in [-0.15, -0.1) is 11.8 Å². The average Bonchev–Trinajstić information content (AvgIpc) is 3.58. The molecule has 2 heteroatoms. The van der Waals surface area contributed by atoms with E-state index < -0.39 is 0 Å². The maximum Gasteiger partial charge on any atom is 0.139 e. The average molecular weight is 713 g/mol. The second kappa shape index (κ2) is 12.9. The summed E-state index contributed by atoms with van der Waals surface area (Å²) in [6.45, 7) is 6.84. The second-order valence-electron chi connectivity index (χ2n) is 15.5. The van der Waals surface area contributed by atoms with Gasteiger partial charge >= 0.3 is 0 Å². The third-order valence-corrected chi connectivity index (χ3v) is 12.0. The maximum atomic E-state index is 6.69. The largest absolute Gasteiger partial charge is 0.456 e. The van der Waals surface area contributed by atoms with Gasteiger partial charge in [0.15, 0.2) is 0 Å². The highest BCUT2D eigenvalue weighted by Crippen LogP contribution is 2.47. The molecule has 8 aromatic carbocycles. The number of thioether (sulfide) groups is 1. The first-order chi connectivity index (χ1) is 26.4. The molecule has 54 heavy (non-hydrogen) atoms. The van der Waals surface area contributed by atoms with E-state index in [1.54, 1.807) is 0 Å². The molecule has 1 aliphatic rings. The second-order valence-corrected chi connectivity index (χ2v) is 17.4. The Balaban J connectivity index is 1.17. The van der Waals surface area contributed by atoms with Gasteiger partial charge in [-0.05, 0) is 90.3 Å². The van der Waals surface area contributed by atoms with E-state index in [0.717, 1.165) is 23.0 Å². The Morgan fingerprint density at radius 2 is 1.11 bits per heavy atom. The number of allylic oxidation sites excluding steroid dienone is 3. The van der Waals surface area contributed by atoms with Crippen LogP contribution in [-0.4, -0.2) is 4.75 Å². The van der Waals surface area contributed by atoms with Crippen molar-refractivity contribution in [3.8, 4) is 33.4 Å². The summed E-state index contributed by atoms with van der Waals surface area (Å²) in [5, 5.41) is 9.89. The van der Waals surface area contributed by atoms with Crippen molar-refractivity contribution < 1.29 is 4.42 Å². The van der Waals surface area contributed by atoms with Crippen molar-refractivity contribution in [1.29, 1.82) is 0 Å². The van der Waals surface area contributed by atoms with Gasteiger partial charge < -0.3 is 4.42 Å². The number of hydrogen-bond acceptors (Lipinski definition) is 2. The van der Waals surface area contributed by atoms with Crippen molar-refractivity contribution >= 4 is 66.0 Å². The van der Waals surface area contributed by atoms with Crippen LogP contribution >= 0.6 is 11.8 Å². The van der Waals surface area contributed by atoms with Crippen molar-refractivity contribution in [3.63, 3.8) is 0 Å². The minimum atomic E-state index is 0.169. The molecule has 0 radical (unpaired) electrons. The molecule has 9 aromatic rings. The van der Waals surface area contributed by atoms with Crippen LogP contribution in [0.1, 0.15) is 38.7 Å². The number of para-hydroxylation sites is 1. The number of fused-ring (bicyclic) bond motifs is 6. The van der Waals surface area contributed by atoms with Crippen molar-refractivity contribution in [2.75, 3.05) is 0 Å². The Labute approximate surface area is 320 Å². The lowest BCUT2D eigenvalue weighted by atomic mass is 9.83. The Morgan fingerprint density at radius 3 is 1.76 bits per heavy atom. The van der Waals surface area contributed by atoms with Crippen LogP contribution in [-0.2, 0) is 0 Å². The van der Waals surface area contributed by atoms with E-state index in [9.17, 15) is 0 Å². The van der Waals surface area contributed by atoms with Crippen LogP contribution in [0.4, 0.5) is 0 Å². The molecule has 0 fully saturated rings. The monoisotopic (exact) mass is 712 g/mol. The third-order valence-electron chi connectivity index (χ3n) is 10.9. The van der Waals surface area contributed by atoms with Gasteiger partial charge in [0.1, 0.15) is 11.2 Å². The lowest BCUT2D eigenvalue weighted by Gasteiger charge is -2.23. The lowest BCUT2D eigenvalue weighted by molar-refractivity contribution is 0.657. The van der Waals surface area contributed by atoms with Crippen LogP contribution in [0.2, 0.25) is 0 Å². The molecule has 0 saturated carbocycles. The van der Waals surface area contributed by atoms with Crippen LogP contribution in [0.5, 0.6) is 0 Å². The fourth-order valence-electron chi connectivity index (χ4n) is 8.58. The molecule has 1 aliphatic carbocycles. The fourth-order valence-corrected chi connectivity index (χ4v) is 9.61. The van der Waals surface area contributed by atoms with Gasteiger partial charge in [0.05, 0.1) is 0 Å². The van der Waals surface area contributed by atoms with E-state index in [4.69, 9.17) is 4.42 Å². The first kappa shape index (κ1) is 32.8. The fraction of sp³-hybridized carbons (Fsp3) is 0.115. The molecule has 1 nitrogen and oxygen atoms in total. The molecule has 1 aromatic heterocycles. The van der Waals surface area contributed by atoms with E-state index in [2.05, 4.69) is 191 Å². The number of rotatable bonds is 5. The molecule has 0 spiro atoms. The molecule has 1 atom stereocenters. The van der Waals surface area contributed by atoms with E-state index in [0.29, 0.717) is 0 Å². The summed E-state index contributed by atoms with van der Waals surface area (Å²) in [6.07, 6.45) is 8.06. The molecule has 0 bridgehead atoms. The van der Waals surface area contributed by atoms with Crippen molar-refractivity contribution in [1.82, 2.24) is 0 Å². The Morgan fingerprint density at radius 1 is 0.537 bits per heavy atom. The van der Waals surface area contributed by atoms with Crippen LogP contribution in [0.15, 0.2) is 179 Å². The van der Waals surface area contributed by atoms with Gasteiger partial charge in [-0.3, -0.25) is 0 Å². The molecule has 0 amide bonds. The van der Waals surface area contributed by atoms with E-state index >= 15 is 0 Å². The molecule has 10 rings (SSSR count). The first-order valence-electron chi connectivity index (χ1n) is 18.9. The SMILES string of the molecule is CC(C)(C)SC1=CCC(c2cc(-c3c4ccccc4c(-c4ccc(-c5cccc6ccccc56)cc4)c4ccccc34)cc3c2oc2ccccc23)C=C1. The van der Waals surface area contributed by atoms with Crippen LogP contribution in [0.25, 0.3) is 87.6 Å². The van der Waals surface area contributed by atoms with E-state index in [-0.39, 0.29) is 10.7 Å². The topological polar surface area (TPSA) is 13.1 Å². The van der Waals surface area contributed by atoms with Crippen LogP contribution < -0.4 is 0 Å². The zero-order chi connectivity index (χ0) is 36.4. The zero-order valence-electron chi connectivity index (χ0n) is 30.8. The lowest BCUT2D eigenvalue weighted by Crippen LogP contribution is -2.08. The summed E-state index contributed by atoms with van der Waals surface area (Å²) in [4.78, 5) is 1.34. The Kier molecular flexibility index (Phi) is 7.85. The standard InChI is InChI=1S/C52H40OS/c1-52(2,3)54-38-29-27-35(28-30-38)46-31-37(32-47-41-16-10-11-22-48(41)53-51(46)47)50-44-19-8-6-17-42(44)49(43-18-7-9-20-45(43)50)36-25-23-34(24-26-36)40-21-12-14-33-13-4-5-15-39(33)40/h4-27,29-32,35H,28H2,1-3H3. The van der Waals surface area contributed by atoms with Gasteiger partial charge in [0.25, 0.3) is 0 Å². The zero-order valence-corrected chi connectivity index (χ0v) is 31.6. The van der Waals surface area contributed by atoms with Gasteiger partial charge in [-0.1, -0.05) is 172 Å². The van der Waals surface area contributed by atoms with Crippen molar-refractivity contribution in [3.05, 3.63) is 180 Å². The maximum absolute atomic E-state index is 6.69. The number of furan rings is 1. The van der Waals surface area contributed by atoms with Crippen LogP contribution in [0, 0.1) is 0 Å². The minimum Gasteiger partial charge on any atom is -0.456 e. The van der Waals surface area contributed by atoms with Gasteiger partial charge in [0, 0.05) is 31.9 Å². The highest BCUT2D eigenvalue weighted by Gasteiger charge is 2.24.